The topological polar surface area (TPSA) is 56.4 Å². The average Bonchev–Trinajstić information content (AvgIpc) is 2.96. The van der Waals surface area contributed by atoms with Crippen molar-refractivity contribution in [3.05, 3.63) is 35.0 Å². The minimum absolute atomic E-state index is 0.0203. The van der Waals surface area contributed by atoms with Crippen molar-refractivity contribution in [1.82, 2.24) is 14.8 Å². The average molecular weight is 334 g/mol. The second-order valence-electron chi connectivity index (χ2n) is 6.21. The molecule has 1 aliphatic heterocycles. The Kier molecular flexibility index (Phi) is 4.31. The number of carbonyl (C=O) groups excluding carboxylic acids is 2. The summed E-state index contributed by atoms with van der Waals surface area (Å²) >= 11 is 5.98. The van der Waals surface area contributed by atoms with Gasteiger partial charge in [0.2, 0.25) is 5.91 Å². The van der Waals surface area contributed by atoms with E-state index in [1.165, 1.54) is 0 Å². The Bertz CT molecular complexity index is 745. The number of hydrogen-bond donors (Lipinski definition) is 1. The van der Waals surface area contributed by atoms with Gasteiger partial charge in [-0.25, -0.2) is 0 Å². The molecule has 3 rings (SSSR count). The van der Waals surface area contributed by atoms with E-state index >= 15 is 0 Å². The van der Waals surface area contributed by atoms with Gasteiger partial charge in [-0.15, -0.1) is 0 Å². The van der Waals surface area contributed by atoms with Gasteiger partial charge >= 0.3 is 0 Å². The number of amides is 2. The molecule has 2 heterocycles. The monoisotopic (exact) mass is 333 g/mol. The Balaban J connectivity index is 1.70. The van der Waals surface area contributed by atoms with Crippen molar-refractivity contribution in [3.8, 4) is 0 Å². The third-order valence-electron chi connectivity index (χ3n) is 4.39. The first kappa shape index (κ1) is 15.9. The van der Waals surface area contributed by atoms with E-state index in [-0.39, 0.29) is 17.7 Å². The summed E-state index contributed by atoms with van der Waals surface area (Å²) in [5, 5.41) is 1.58. The molecule has 1 saturated heterocycles. The lowest BCUT2D eigenvalue weighted by molar-refractivity contribution is -0.134. The molecule has 6 heteroatoms. The standard InChI is InChI=1S/C17H20ClN3O2/c1-20(2)16(22)11-5-7-21(8-6-11)17(23)15-10-12-9-13(18)3-4-14(12)19-15/h3-4,9-11,19H,5-8H2,1-2H3. The maximum absolute atomic E-state index is 12.6. The van der Waals surface area contributed by atoms with E-state index < -0.39 is 0 Å². The van der Waals surface area contributed by atoms with Gasteiger partial charge in [-0.3, -0.25) is 9.59 Å². The predicted octanol–water partition coefficient (Wildman–Crippen LogP) is 2.76. The van der Waals surface area contributed by atoms with Crippen molar-refractivity contribution in [2.75, 3.05) is 27.2 Å². The van der Waals surface area contributed by atoms with Gasteiger partial charge in [-0.2, -0.15) is 0 Å². The molecule has 0 unspecified atom stereocenters. The molecule has 2 aromatic rings. The van der Waals surface area contributed by atoms with Crippen molar-refractivity contribution < 1.29 is 9.59 Å². The number of rotatable bonds is 2. The van der Waals surface area contributed by atoms with Gasteiger partial charge in [0, 0.05) is 49.0 Å². The van der Waals surface area contributed by atoms with Crippen LogP contribution in [0, 0.1) is 5.92 Å². The fraction of sp³-hybridized carbons (Fsp3) is 0.412. The van der Waals surface area contributed by atoms with Crippen LogP contribution < -0.4 is 0 Å². The number of hydrogen-bond acceptors (Lipinski definition) is 2. The first-order valence-electron chi connectivity index (χ1n) is 7.74. The van der Waals surface area contributed by atoms with Gasteiger partial charge < -0.3 is 14.8 Å². The number of benzene rings is 1. The number of halogens is 1. The zero-order valence-electron chi connectivity index (χ0n) is 13.3. The number of piperidine rings is 1. The number of nitrogens with zero attached hydrogens (tertiary/aromatic N) is 2. The minimum Gasteiger partial charge on any atom is -0.351 e. The molecule has 0 atom stereocenters. The van der Waals surface area contributed by atoms with Crippen molar-refractivity contribution in [1.29, 1.82) is 0 Å². The zero-order valence-corrected chi connectivity index (χ0v) is 14.1. The number of nitrogens with one attached hydrogen (secondary N) is 1. The van der Waals surface area contributed by atoms with Gasteiger partial charge in [0.25, 0.3) is 5.91 Å². The largest absolute Gasteiger partial charge is 0.351 e. The van der Waals surface area contributed by atoms with Crippen LogP contribution in [-0.2, 0) is 4.79 Å². The molecule has 0 aliphatic carbocycles. The van der Waals surface area contributed by atoms with E-state index in [4.69, 9.17) is 11.6 Å². The smallest absolute Gasteiger partial charge is 0.270 e. The first-order chi connectivity index (χ1) is 11.0. The quantitative estimate of drug-likeness (QED) is 0.918. The molecule has 2 amide bonds. The summed E-state index contributed by atoms with van der Waals surface area (Å²) in [6.45, 7) is 1.22. The van der Waals surface area contributed by atoms with Gasteiger partial charge in [-0.05, 0) is 37.1 Å². The molecule has 0 saturated carbocycles. The maximum atomic E-state index is 12.6. The van der Waals surface area contributed by atoms with Crippen LogP contribution in [0.4, 0.5) is 0 Å². The number of aromatic amines is 1. The summed E-state index contributed by atoms with van der Waals surface area (Å²) in [5.41, 5.74) is 1.47. The Morgan fingerprint density at radius 2 is 1.91 bits per heavy atom. The number of carbonyl (C=O) groups is 2. The summed E-state index contributed by atoms with van der Waals surface area (Å²) in [6, 6.07) is 7.34. The highest BCUT2D eigenvalue weighted by molar-refractivity contribution is 6.31. The Hall–Kier alpha value is -2.01. The summed E-state index contributed by atoms with van der Waals surface area (Å²) in [6.07, 6.45) is 1.43. The van der Waals surface area contributed by atoms with Crippen LogP contribution in [0.25, 0.3) is 10.9 Å². The van der Waals surface area contributed by atoms with E-state index in [0.717, 1.165) is 23.7 Å². The molecule has 122 valence electrons. The summed E-state index contributed by atoms with van der Waals surface area (Å²) in [5.74, 6) is 0.154. The lowest BCUT2D eigenvalue weighted by atomic mass is 9.95. The first-order valence-corrected chi connectivity index (χ1v) is 8.12. The van der Waals surface area contributed by atoms with Crippen LogP contribution in [0.2, 0.25) is 5.02 Å². The van der Waals surface area contributed by atoms with Crippen molar-refractivity contribution in [2.24, 2.45) is 5.92 Å². The van der Waals surface area contributed by atoms with E-state index in [1.54, 1.807) is 25.1 Å². The van der Waals surface area contributed by atoms with E-state index in [1.807, 2.05) is 23.1 Å². The number of H-pyrrole nitrogens is 1. The van der Waals surface area contributed by atoms with Crippen LogP contribution in [0.15, 0.2) is 24.3 Å². The van der Waals surface area contributed by atoms with E-state index in [0.29, 0.717) is 23.8 Å². The highest BCUT2D eigenvalue weighted by atomic mass is 35.5. The molecular weight excluding hydrogens is 314 g/mol. The Morgan fingerprint density at radius 1 is 1.22 bits per heavy atom. The van der Waals surface area contributed by atoms with Gasteiger partial charge in [0.1, 0.15) is 5.69 Å². The number of aromatic nitrogens is 1. The van der Waals surface area contributed by atoms with E-state index in [9.17, 15) is 9.59 Å². The normalized spacial score (nSPS) is 15.9. The molecule has 1 fully saturated rings. The molecule has 5 nitrogen and oxygen atoms in total. The van der Waals surface area contributed by atoms with E-state index in [2.05, 4.69) is 4.98 Å². The fourth-order valence-electron chi connectivity index (χ4n) is 3.08. The lowest BCUT2D eigenvalue weighted by Crippen LogP contribution is -2.42. The van der Waals surface area contributed by atoms with Crippen LogP contribution in [0.1, 0.15) is 23.3 Å². The summed E-state index contributed by atoms with van der Waals surface area (Å²) in [7, 11) is 3.55. The summed E-state index contributed by atoms with van der Waals surface area (Å²) < 4.78 is 0. The van der Waals surface area contributed by atoms with Crippen molar-refractivity contribution in [2.45, 2.75) is 12.8 Å². The maximum Gasteiger partial charge on any atom is 0.270 e. The second kappa shape index (κ2) is 6.24. The third kappa shape index (κ3) is 3.20. The van der Waals surface area contributed by atoms with Gasteiger partial charge in [0.15, 0.2) is 0 Å². The molecule has 1 aromatic heterocycles. The zero-order chi connectivity index (χ0) is 16.6. The van der Waals surface area contributed by atoms with Crippen molar-refractivity contribution in [3.63, 3.8) is 0 Å². The molecule has 0 spiro atoms. The molecule has 0 bridgehead atoms. The van der Waals surface area contributed by atoms with Crippen LogP contribution in [-0.4, -0.2) is 53.8 Å². The minimum atomic E-state index is -0.0203. The fourth-order valence-corrected chi connectivity index (χ4v) is 3.26. The number of fused-ring (bicyclic) bond motifs is 1. The Morgan fingerprint density at radius 3 is 2.57 bits per heavy atom. The van der Waals surface area contributed by atoms with Gasteiger partial charge in [-0.1, -0.05) is 11.6 Å². The highest BCUT2D eigenvalue weighted by Crippen LogP contribution is 2.23. The van der Waals surface area contributed by atoms with Crippen LogP contribution in [0.3, 0.4) is 0 Å². The van der Waals surface area contributed by atoms with Crippen LogP contribution in [0.5, 0.6) is 0 Å². The molecule has 1 N–H and O–H groups in total. The number of likely N-dealkylation sites (tertiary alicyclic amines) is 1. The SMILES string of the molecule is CN(C)C(=O)C1CCN(C(=O)c2cc3cc(Cl)ccc3[nH]2)CC1. The predicted molar refractivity (Wildman–Crippen MR) is 90.6 cm³/mol. The molecule has 1 aromatic carbocycles. The van der Waals surface area contributed by atoms with Gasteiger partial charge in [0.05, 0.1) is 0 Å². The highest BCUT2D eigenvalue weighted by Gasteiger charge is 2.29. The lowest BCUT2D eigenvalue weighted by Gasteiger charge is -2.32. The Labute approximate surface area is 140 Å². The van der Waals surface area contributed by atoms with Crippen LogP contribution >= 0.6 is 11.6 Å². The third-order valence-corrected chi connectivity index (χ3v) is 4.62. The molecule has 1 aliphatic rings. The molecule has 0 radical (unpaired) electrons. The summed E-state index contributed by atoms with van der Waals surface area (Å²) in [4.78, 5) is 31.2. The second-order valence-corrected chi connectivity index (χ2v) is 6.65. The van der Waals surface area contributed by atoms with Crippen molar-refractivity contribution >= 4 is 34.3 Å². The molecular formula is C17H20ClN3O2. The molecule has 23 heavy (non-hydrogen) atoms.